The number of hydrogen-bond acceptors (Lipinski definition) is 4. The van der Waals surface area contributed by atoms with Crippen LogP contribution in [0.4, 0.5) is 0 Å². The number of ketones is 1. The molecule has 0 atom stereocenters. The molecule has 0 aromatic carbocycles. The number of carbonyl (C=O) groups is 2. The second-order valence-electron chi connectivity index (χ2n) is 2.35. The van der Waals surface area contributed by atoms with Crippen molar-refractivity contribution >= 4 is 55.9 Å². The lowest BCUT2D eigenvalue weighted by Crippen LogP contribution is -2.10. The third-order valence-electron chi connectivity index (χ3n) is 1.38. The molecule has 0 aliphatic rings. The number of carbonyl (C=O) groups excluding carboxylic acids is 2. The molecule has 1 heterocycles. The second kappa shape index (κ2) is 5.57. The molecule has 0 bridgehead atoms. The molecule has 1 amide bonds. The molecule has 2 N–H and O–H groups in total. The van der Waals surface area contributed by atoms with Gasteiger partial charge in [0.15, 0.2) is 10.8 Å². The third-order valence-corrected chi connectivity index (χ3v) is 3.10. The number of amides is 1. The van der Waals surface area contributed by atoms with Gasteiger partial charge in [0, 0.05) is 0 Å². The lowest BCUT2D eigenvalue weighted by Gasteiger charge is -1.89. The maximum absolute atomic E-state index is 11.2. The molecule has 0 saturated heterocycles. The average Bonchev–Trinajstić information content (AvgIpc) is 2.46. The van der Waals surface area contributed by atoms with Crippen LogP contribution in [0.25, 0.3) is 0 Å². The van der Waals surface area contributed by atoms with E-state index in [-0.39, 0.29) is 33.1 Å². The minimum atomic E-state index is -0.596. The molecule has 14 heavy (non-hydrogen) atoms. The minimum absolute atomic E-state index is 0. The van der Waals surface area contributed by atoms with Crippen LogP contribution < -0.4 is 5.73 Å². The zero-order chi connectivity index (χ0) is 10.0. The molecule has 0 aliphatic heterocycles. The Bertz CT molecular complexity index is 365. The predicted octanol–water partition coefficient (Wildman–Crippen LogP) is 1.71. The zero-order valence-electron chi connectivity index (χ0n) is 7.24. The maximum Gasteiger partial charge on any atom is 0.277 e. The summed E-state index contributed by atoms with van der Waals surface area (Å²) in [6, 6.07) is 0. The summed E-state index contributed by atoms with van der Waals surface area (Å²) in [6.45, 7) is 1.68. The molecule has 0 spiro atoms. The summed E-state index contributed by atoms with van der Waals surface area (Å²) in [6.07, 6.45) is 0. The van der Waals surface area contributed by atoms with Crippen LogP contribution in [0.3, 0.4) is 0 Å². The Hall–Kier alpha value is -0.270. The maximum atomic E-state index is 11.2. The highest BCUT2D eigenvalue weighted by Gasteiger charge is 2.16. The molecule has 0 fully saturated rings. The quantitative estimate of drug-likeness (QED) is 0.670. The molecule has 1 aromatic rings. The summed E-state index contributed by atoms with van der Waals surface area (Å²) in [5, 5.41) is 0.413. The number of aromatic nitrogens is 1. The third kappa shape index (κ3) is 2.86. The Morgan fingerprint density at radius 2 is 2.14 bits per heavy atom. The van der Waals surface area contributed by atoms with E-state index in [9.17, 15) is 9.59 Å². The van der Waals surface area contributed by atoms with Gasteiger partial charge in [-0.05, 0) is 6.92 Å². The van der Waals surface area contributed by atoms with E-state index in [1.807, 2.05) is 0 Å². The number of aryl methyl sites for hydroxylation is 1. The standard InChI is InChI=1S/C7H7BrN2O2S.BrH/c1-3-5(4(11)2-8)13-7(10-3)6(9)12;/h2H2,1H3,(H2,9,12);1H. The molecular weight excluding hydrogens is 336 g/mol. The Labute approximate surface area is 104 Å². The number of Topliss-reactive ketones (excluding diaryl/α,β-unsaturated/α-hetero) is 1. The summed E-state index contributed by atoms with van der Waals surface area (Å²) in [4.78, 5) is 26.3. The number of nitrogens with zero attached hydrogens (tertiary/aromatic N) is 1. The number of halogens is 2. The summed E-state index contributed by atoms with van der Waals surface area (Å²) < 4.78 is 0. The van der Waals surface area contributed by atoms with Crippen molar-refractivity contribution in [2.75, 3.05) is 5.33 Å². The van der Waals surface area contributed by atoms with Gasteiger partial charge in [-0.15, -0.1) is 28.3 Å². The lowest BCUT2D eigenvalue weighted by atomic mass is 10.3. The van der Waals surface area contributed by atoms with E-state index in [0.717, 1.165) is 11.3 Å². The summed E-state index contributed by atoms with van der Waals surface area (Å²) in [7, 11) is 0. The van der Waals surface area contributed by atoms with E-state index in [4.69, 9.17) is 5.73 Å². The van der Waals surface area contributed by atoms with Crippen molar-refractivity contribution in [2.45, 2.75) is 6.92 Å². The first-order valence-corrected chi connectivity index (χ1v) is 5.36. The van der Waals surface area contributed by atoms with Crippen molar-refractivity contribution in [3.63, 3.8) is 0 Å². The molecule has 1 aromatic heterocycles. The largest absolute Gasteiger partial charge is 0.364 e. The molecule has 7 heteroatoms. The van der Waals surface area contributed by atoms with E-state index >= 15 is 0 Å². The van der Waals surface area contributed by atoms with Crippen LogP contribution in [-0.2, 0) is 0 Å². The van der Waals surface area contributed by atoms with Crippen molar-refractivity contribution in [3.05, 3.63) is 15.6 Å². The van der Waals surface area contributed by atoms with E-state index in [0.29, 0.717) is 10.6 Å². The topological polar surface area (TPSA) is 73.0 Å². The first kappa shape index (κ1) is 13.7. The molecule has 4 nitrogen and oxygen atoms in total. The predicted molar refractivity (Wildman–Crippen MR) is 63.8 cm³/mol. The fourth-order valence-electron chi connectivity index (χ4n) is 0.821. The zero-order valence-corrected chi connectivity index (χ0v) is 11.4. The Kier molecular flexibility index (Phi) is 5.46. The van der Waals surface area contributed by atoms with Crippen LogP contribution in [0, 0.1) is 6.92 Å². The Balaban J connectivity index is 0.00000169. The number of alkyl halides is 1. The molecule has 1 rings (SSSR count). The lowest BCUT2D eigenvalue weighted by molar-refractivity contribution is 0.0997. The van der Waals surface area contributed by atoms with Crippen molar-refractivity contribution in [3.8, 4) is 0 Å². The van der Waals surface area contributed by atoms with Gasteiger partial charge in [0.1, 0.15) is 0 Å². The van der Waals surface area contributed by atoms with E-state index in [1.165, 1.54) is 0 Å². The normalized spacial score (nSPS) is 9.29. The number of rotatable bonds is 3. The van der Waals surface area contributed by atoms with Crippen LogP contribution in [0.2, 0.25) is 0 Å². The number of thiazole rings is 1. The average molecular weight is 344 g/mol. The molecular formula is C7H8Br2N2O2S. The van der Waals surface area contributed by atoms with Gasteiger partial charge in [-0.3, -0.25) is 9.59 Å². The highest BCUT2D eigenvalue weighted by molar-refractivity contribution is 9.09. The van der Waals surface area contributed by atoms with Gasteiger partial charge in [-0.1, -0.05) is 15.9 Å². The SMILES string of the molecule is Br.Cc1nc(C(N)=O)sc1C(=O)CBr. The fraction of sp³-hybridized carbons (Fsp3) is 0.286. The molecule has 0 saturated carbocycles. The van der Waals surface area contributed by atoms with Gasteiger partial charge < -0.3 is 5.73 Å². The van der Waals surface area contributed by atoms with Gasteiger partial charge in [0.2, 0.25) is 0 Å². The van der Waals surface area contributed by atoms with Crippen LogP contribution in [0.15, 0.2) is 0 Å². The van der Waals surface area contributed by atoms with Gasteiger partial charge in [0.25, 0.3) is 5.91 Å². The number of primary amides is 1. The molecule has 78 valence electrons. The monoisotopic (exact) mass is 342 g/mol. The number of hydrogen-bond donors (Lipinski definition) is 1. The molecule has 0 unspecified atom stereocenters. The van der Waals surface area contributed by atoms with Crippen LogP contribution >= 0.6 is 44.2 Å². The Morgan fingerprint density at radius 3 is 2.50 bits per heavy atom. The van der Waals surface area contributed by atoms with E-state index < -0.39 is 5.91 Å². The summed E-state index contributed by atoms with van der Waals surface area (Å²) >= 11 is 4.08. The van der Waals surface area contributed by atoms with Crippen LogP contribution in [0.5, 0.6) is 0 Å². The first-order valence-electron chi connectivity index (χ1n) is 3.42. The van der Waals surface area contributed by atoms with Gasteiger partial charge in [-0.2, -0.15) is 0 Å². The highest BCUT2D eigenvalue weighted by atomic mass is 79.9. The smallest absolute Gasteiger partial charge is 0.277 e. The first-order chi connectivity index (χ1) is 6.06. The van der Waals surface area contributed by atoms with Crippen molar-refractivity contribution in [1.29, 1.82) is 0 Å². The van der Waals surface area contributed by atoms with Crippen molar-refractivity contribution in [2.24, 2.45) is 5.73 Å². The van der Waals surface area contributed by atoms with Gasteiger partial charge >= 0.3 is 0 Å². The van der Waals surface area contributed by atoms with Crippen LogP contribution in [0.1, 0.15) is 25.2 Å². The Morgan fingerprint density at radius 1 is 1.57 bits per heavy atom. The summed E-state index contributed by atoms with van der Waals surface area (Å²) in [5.74, 6) is -0.677. The fourth-order valence-corrected chi connectivity index (χ4v) is 2.14. The minimum Gasteiger partial charge on any atom is -0.364 e. The second-order valence-corrected chi connectivity index (χ2v) is 3.91. The van der Waals surface area contributed by atoms with E-state index in [1.54, 1.807) is 6.92 Å². The van der Waals surface area contributed by atoms with Crippen LogP contribution in [-0.4, -0.2) is 22.0 Å². The van der Waals surface area contributed by atoms with E-state index in [2.05, 4.69) is 20.9 Å². The van der Waals surface area contributed by atoms with Gasteiger partial charge in [0.05, 0.1) is 15.9 Å². The summed E-state index contributed by atoms with van der Waals surface area (Å²) in [5.41, 5.74) is 5.58. The van der Waals surface area contributed by atoms with Crippen molar-refractivity contribution in [1.82, 2.24) is 4.98 Å². The highest BCUT2D eigenvalue weighted by Crippen LogP contribution is 2.18. The number of nitrogens with two attached hydrogens (primary N) is 1. The molecule has 0 aliphatic carbocycles. The molecule has 0 radical (unpaired) electrons. The van der Waals surface area contributed by atoms with Gasteiger partial charge in [-0.25, -0.2) is 4.98 Å². The van der Waals surface area contributed by atoms with Crippen molar-refractivity contribution < 1.29 is 9.59 Å².